The molecular weight excluding hydrogens is 540 g/mol. The number of carbonyl (C=O) groups is 3. The molecular formula is C35H42N4O4. The summed E-state index contributed by atoms with van der Waals surface area (Å²) in [5.41, 5.74) is 10.4. The normalized spacial score (nSPS) is 9.74. The molecule has 8 heteroatoms. The number of hydrogen-bond donors (Lipinski definition) is 4. The summed E-state index contributed by atoms with van der Waals surface area (Å²) in [4.78, 5) is 33.3. The summed E-state index contributed by atoms with van der Waals surface area (Å²) in [6.07, 6.45) is 1.66. The van der Waals surface area contributed by atoms with E-state index in [2.05, 4.69) is 41.1 Å². The summed E-state index contributed by atoms with van der Waals surface area (Å²) in [5, 5.41) is 8.74. The van der Waals surface area contributed by atoms with Crippen molar-refractivity contribution in [3.8, 4) is 5.75 Å². The molecule has 0 aliphatic rings. The molecule has 0 saturated carbocycles. The van der Waals surface area contributed by atoms with Crippen LogP contribution in [0.1, 0.15) is 49.4 Å². The Labute approximate surface area is 254 Å². The highest BCUT2D eigenvalue weighted by molar-refractivity contribution is 5.99. The fourth-order valence-corrected chi connectivity index (χ4v) is 3.86. The van der Waals surface area contributed by atoms with Crippen LogP contribution >= 0.6 is 0 Å². The molecule has 0 aromatic heterocycles. The first-order valence-corrected chi connectivity index (χ1v) is 14.1. The van der Waals surface area contributed by atoms with Gasteiger partial charge in [0.1, 0.15) is 5.75 Å². The van der Waals surface area contributed by atoms with Crippen molar-refractivity contribution in [2.45, 2.75) is 33.4 Å². The third-order valence-corrected chi connectivity index (χ3v) is 6.08. The summed E-state index contributed by atoms with van der Waals surface area (Å²) in [6.45, 7) is 6.77. The van der Waals surface area contributed by atoms with Gasteiger partial charge in [-0.05, 0) is 73.8 Å². The first-order valence-electron chi connectivity index (χ1n) is 14.1. The number of ether oxygens (including phenoxy) is 1. The van der Waals surface area contributed by atoms with E-state index >= 15 is 0 Å². The topological polar surface area (TPSA) is 123 Å². The molecule has 43 heavy (non-hydrogen) atoms. The van der Waals surface area contributed by atoms with Crippen molar-refractivity contribution in [3.05, 3.63) is 137 Å². The minimum atomic E-state index is -0.536. The molecule has 0 heterocycles. The van der Waals surface area contributed by atoms with Crippen molar-refractivity contribution in [3.63, 3.8) is 0 Å². The van der Waals surface area contributed by atoms with Crippen LogP contribution in [-0.4, -0.2) is 38.4 Å². The highest BCUT2D eigenvalue weighted by Crippen LogP contribution is 2.12. The second-order valence-corrected chi connectivity index (χ2v) is 9.73. The average Bonchev–Trinajstić information content (AvgIpc) is 3.03. The Balaban J connectivity index is 0.000000249. The van der Waals surface area contributed by atoms with E-state index < -0.39 is 5.91 Å². The summed E-state index contributed by atoms with van der Waals surface area (Å²) in [7, 11) is 1.66. The number of nitrogens with two attached hydrogens (primary N) is 1. The highest BCUT2D eigenvalue weighted by atomic mass is 16.5. The zero-order valence-electron chi connectivity index (χ0n) is 25.1. The van der Waals surface area contributed by atoms with E-state index in [1.165, 1.54) is 17.2 Å². The maximum Gasteiger partial charge on any atom is 0.251 e. The summed E-state index contributed by atoms with van der Waals surface area (Å²) in [5.74, 6) is 0.118. The molecule has 0 bridgehead atoms. The molecule has 8 nitrogen and oxygen atoms in total. The standard InChI is InChI=1S/C16H16N2O2.C12H18N2O2.C7H8/c1-11-7-13(15(17)19)9-14(8-11)16(20)18-10-12-5-3-2-4-6-12;1-16-12-5-2-4-11(8-12)9-13-6-3-7-14-10-15;1-7-5-3-2-4-6-7/h2-9H,10H2,1H3,(H2,17,19)(H,18,20);2,4-5,8,10,13H,3,6-7,9H2,1H3,(H,14,15);2-6H,1H3. The summed E-state index contributed by atoms with van der Waals surface area (Å²) >= 11 is 0. The quantitative estimate of drug-likeness (QED) is 0.139. The van der Waals surface area contributed by atoms with Gasteiger partial charge < -0.3 is 26.4 Å². The van der Waals surface area contributed by atoms with Gasteiger partial charge >= 0.3 is 0 Å². The van der Waals surface area contributed by atoms with Gasteiger partial charge in [-0.1, -0.05) is 78.4 Å². The number of aryl methyl sites for hydroxylation is 2. The Morgan fingerprint density at radius 1 is 0.744 bits per heavy atom. The van der Waals surface area contributed by atoms with Gasteiger partial charge in [-0.3, -0.25) is 14.4 Å². The van der Waals surface area contributed by atoms with E-state index in [0.29, 0.717) is 24.2 Å². The number of carbonyl (C=O) groups excluding carboxylic acids is 3. The molecule has 0 aliphatic heterocycles. The number of methoxy groups -OCH3 is 1. The van der Waals surface area contributed by atoms with Gasteiger partial charge in [0.05, 0.1) is 7.11 Å². The number of rotatable bonds is 12. The molecule has 4 aromatic rings. The highest BCUT2D eigenvalue weighted by Gasteiger charge is 2.10. The van der Waals surface area contributed by atoms with Crippen molar-refractivity contribution in [2.75, 3.05) is 20.2 Å². The van der Waals surface area contributed by atoms with Crippen molar-refractivity contribution in [2.24, 2.45) is 5.73 Å². The predicted octanol–water partition coefficient (Wildman–Crippen LogP) is 4.94. The second-order valence-electron chi connectivity index (χ2n) is 9.73. The van der Waals surface area contributed by atoms with Crippen LogP contribution in [0.5, 0.6) is 5.75 Å². The largest absolute Gasteiger partial charge is 0.497 e. The van der Waals surface area contributed by atoms with Crippen LogP contribution in [0.25, 0.3) is 0 Å². The second kappa shape index (κ2) is 20.0. The van der Waals surface area contributed by atoms with Crippen LogP contribution in [0.15, 0.2) is 103 Å². The molecule has 0 spiro atoms. The lowest BCUT2D eigenvalue weighted by molar-refractivity contribution is -0.109. The van der Waals surface area contributed by atoms with Crippen LogP contribution in [0.2, 0.25) is 0 Å². The molecule has 0 atom stereocenters. The lowest BCUT2D eigenvalue weighted by atomic mass is 10.1. The molecule has 0 fully saturated rings. The lowest BCUT2D eigenvalue weighted by Crippen LogP contribution is -2.23. The van der Waals surface area contributed by atoms with Gasteiger partial charge in [0, 0.05) is 30.8 Å². The fourth-order valence-electron chi connectivity index (χ4n) is 3.86. The first-order chi connectivity index (χ1) is 20.8. The van der Waals surface area contributed by atoms with Crippen molar-refractivity contribution < 1.29 is 19.1 Å². The Morgan fingerprint density at radius 2 is 1.40 bits per heavy atom. The zero-order valence-corrected chi connectivity index (χ0v) is 25.1. The third-order valence-electron chi connectivity index (χ3n) is 6.08. The van der Waals surface area contributed by atoms with Gasteiger partial charge in [0.25, 0.3) is 5.91 Å². The molecule has 226 valence electrons. The third kappa shape index (κ3) is 14.5. The molecule has 4 aromatic carbocycles. The van der Waals surface area contributed by atoms with Gasteiger partial charge in [-0.25, -0.2) is 0 Å². The van der Waals surface area contributed by atoms with E-state index in [1.54, 1.807) is 19.2 Å². The summed E-state index contributed by atoms with van der Waals surface area (Å²) < 4.78 is 5.14. The van der Waals surface area contributed by atoms with Gasteiger partial charge in [-0.2, -0.15) is 0 Å². The van der Waals surface area contributed by atoms with Gasteiger partial charge in [0.2, 0.25) is 12.3 Å². The minimum Gasteiger partial charge on any atom is -0.497 e. The van der Waals surface area contributed by atoms with Crippen molar-refractivity contribution in [1.82, 2.24) is 16.0 Å². The summed E-state index contributed by atoms with van der Waals surface area (Å²) in [6, 6.07) is 32.8. The molecule has 0 saturated heterocycles. The van der Waals surface area contributed by atoms with E-state index in [-0.39, 0.29) is 5.91 Å². The Hall–Kier alpha value is -4.95. The molecule has 0 unspecified atom stereocenters. The number of benzene rings is 4. The van der Waals surface area contributed by atoms with Crippen LogP contribution in [0.4, 0.5) is 0 Å². The fraction of sp³-hybridized carbons (Fsp3) is 0.229. The smallest absolute Gasteiger partial charge is 0.251 e. The van der Waals surface area contributed by atoms with Crippen molar-refractivity contribution >= 4 is 18.2 Å². The lowest BCUT2D eigenvalue weighted by Gasteiger charge is -2.07. The monoisotopic (exact) mass is 582 g/mol. The maximum atomic E-state index is 12.1. The van der Waals surface area contributed by atoms with Gasteiger partial charge in [0.15, 0.2) is 0 Å². The average molecular weight is 583 g/mol. The number of nitrogens with one attached hydrogen (secondary N) is 3. The van der Waals surface area contributed by atoms with Gasteiger partial charge in [-0.15, -0.1) is 0 Å². The van der Waals surface area contributed by atoms with Crippen LogP contribution in [-0.2, 0) is 17.9 Å². The Kier molecular flexibility index (Phi) is 15.9. The van der Waals surface area contributed by atoms with Crippen LogP contribution < -0.4 is 26.4 Å². The predicted molar refractivity (Wildman–Crippen MR) is 172 cm³/mol. The Bertz CT molecular complexity index is 1400. The first kappa shape index (κ1) is 34.3. The number of amides is 3. The molecule has 0 radical (unpaired) electrons. The van der Waals surface area contributed by atoms with E-state index in [1.807, 2.05) is 73.7 Å². The van der Waals surface area contributed by atoms with Crippen molar-refractivity contribution in [1.29, 1.82) is 0 Å². The maximum absolute atomic E-state index is 12.1. The van der Waals surface area contributed by atoms with E-state index in [0.717, 1.165) is 42.8 Å². The van der Waals surface area contributed by atoms with Crippen LogP contribution in [0, 0.1) is 13.8 Å². The minimum absolute atomic E-state index is 0.222. The SMILES string of the molecule is COc1cccc(CNCCCNC=O)c1.Cc1cc(C(N)=O)cc(C(=O)NCc2ccccc2)c1.Cc1ccccc1. The number of hydrogen-bond acceptors (Lipinski definition) is 5. The molecule has 5 N–H and O–H groups in total. The van der Waals surface area contributed by atoms with E-state index in [4.69, 9.17) is 10.5 Å². The molecule has 3 amide bonds. The molecule has 4 rings (SSSR count). The van der Waals surface area contributed by atoms with E-state index in [9.17, 15) is 14.4 Å². The van der Waals surface area contributed by atoms with Crippen LogP contribution in [0.3, 0.4) is 0 Å². The Morgan fingerprint density at radius 3 is 2.00 bits per heavy atom. The number of primary amides is 1. The molecule has 0 aliphatic carbocycles. The zero-order chi connectivity index (χ0) is 31.3.